The lowest BCUT2D eigenvalue weighted by Gasteiger charge is -2.06. The zero-order valence-corrected chi connectivity index (χ0v) is 11.7. The number of allylic oxidation sites excluding steroid dienone is 1. The Balaban J connectivity index is 2.51. The first kappa shape index (κ1) is 12.2. The molecule has 0 fully saturated rings. The summed E-state index contributed by atoms with van der Waals surface area (Å²) >= 11 is 0. The van der Waals surface area contributed by atoms with E-state index in [4.69, 9.17) is 0 Å². The zero-order chi connectivity index (χ0) is 12.4. The largest absolute Gasteiger partial charge is 0.0955 e. The number of hydrogen-bond donors (Lipinski definition) is 0. The molecule has 2 rings (SSSR count). The standard InChI is InChI=1S/C16H19P/c1-12(2)15-10-17(11-16(15)13(3)4)14-8-6-5-7-9-14/h5-11,13H,1H2,2-4H3. The Morgan fingerprint density at radius 3 is 2.24 bits per heavy atom. The van der Waals surface area contributed by atoms with E-state index in [9.17, 15) is 0 Å². The second-order valence-corrected chi connectivity index (χ2v) is 6.65. The van der Waals surface area contributed by atoms with Crippen LogP contribution in [0.25, 0.3) is 10.9 Å². The van der Waals surface area contributed by atoms with Gasteiger partial charge >= 0.3 is 0 Å². The molecule has 2 aromatic rings. The smallest absolute Gasteiger partial charge is 0.00216 e. The second kappa shape index (κ2) is 4.94. The Kier molecular flexibility index (Phi) is 3.54. The van der Waals surface area contributed by atoms with E-state index in [1.807, 2.05) is 0 Å². The molecule has 0 aliphatic rings. The SMILES string of the molecule is C=C(C)c1cp(-c2ccccc2)cc1C(C)C. The average Bonchev–Trinajstić information content (AvgIpc) is 2.75. The average molecular weight is 242 g/mol. The minimum absolute atomic E-state index is 0.269. The van der Waals surface area contributed by atoms with Gasteiger partial charge in [0.05, 0.1) is 0 Å². The third-order valence-corrected chi connectivity index (χ3v) is 4.98. The maximum atomic E-state index is 4.10. The van der Waals surface area contributed by atoms with Gasteiger partial charge in [-0.1, -0.05) is 63.9 Å². The van der Waals surface area contributed by atoms with Crippen LogP contribution in [0.4, 0.5) is 0 Å². The lowest BCUT2D eigenvalue weighted by Crippen LogP contribution is -1.87. The molecule has 1 unspecified atom stereocenters. The van der Waals surface area contributed by atoms with Gasteiger partial charge in [-0.3, -0.25) is 0 Å². The van der Waals surface area contributed by atoms with Crippen molar-refractivity contribution in [1.82, 2.24) is 0 Å². The van der Waals surface area contributed by atoms with Crippen molar-refractivity contribution < 1.29 is 0 Å². The molecule has 17 heavy (non-hydrogen) atoms. The van der Waals surface area contributed by atoms with Crippen molar-refractivity contribution in [3.63, 3.8) is 0 Å². The van der Waals surface area contributed by atoms with Gasteiger partial charge in [-0.05, 0) is 40.9 Å². The van der Waals surface area contributed by atoms with E-state index in [1.54, 1.807) is 0 Å². The highest BCUT2D eigenvalue weighted by Crippen LogP contribution is 2.45. The fourth-order valence-corrected chi connectivity index (χ4v) is 4.31. The van der Waals surface area contributed by atoms with Gasteiger partial charge in [-0.15, -0.1) is 0 Å². The van der Waals surface area contributed by atoms with E-state index in [1.165, 1.54) is 22.0 Å². The minimum Gasteiger partial charge on any atom is -0.0955 e. The number of rotatable bonds is 3. The molecule has 0 N–H and O–H groups in total. The molecule has 0 bridgehead atoms. The maximum Gasteiger partial charge on any atom is -0.00216 e. The van der Waals surface area contributed by atoms with Crippen LogP contribution in [0.2, 0.25) is 0 Å². The summed E-state index contributed by atoms with van der Waals surface area (Å²) in [5.74, 6) is 5.43. The maximum absolute atomic E-state index is 4.10. The fourth-order valence-electron chi connectivity index (χ4n) is 2.04. The molecule has 1 heteroatoms. The van der Waals surface area contributed by atoms with Gasteiger partial charge in [-0.2, -0.15) is 0 Å². The second-order valence-electron chi connectivity index (χ2n) is 4.81. The van der Waals surface area contributed by atoms with Gasteiger partial charge in [0.1, 0.15) is 0 Å². The van der Waals surface area contributed by atoms with E-state index in [2.05, 4.69) is 69.3 Å². The molecule has 1 atom stereocenters. The lowest BCUT2D eigenvalue weighted by molar-refractivity contribution is 0.868. The van der Waals surface area contributed by atoms with Crippen LogP contribution in [0.15, 0.2) is 48.5 Å². The topological polar surface area (TPSA) is 0 Å². The van der Waals surface area contributed by atoms with Gasteiger partial charge in [0.2, 0.25) is 0 Å². The van der Waals surface area contributed by atoms with Crippen molar-refractivity contribution in [2.75, 3.05) is 0 Å². The van der Waals surface area contributed by atoms with Crippen LogP contribution in [0.1, 0.15) is 37.8 Å². The predicted octanol–water partition coefficient (Wildman–Crippen LogP) is 5.82. The fraction of sp³-hybridized carbons (Fsp3) is 0.250. The third-order valence-electron chi connectivity index (χ3n) is 2.99. The highest BCUT2D eigenvalue weighted by atomic mass is 31.1. The van der Waals surface area contributed by atoms with Crippen molar-refractivity contribution in [2.45, 2.75) is 26.7 Å². The highest BCUT2D eigenvalue weighted by Gasteiger charge is 2.11. The molecule has 0 amide bonds. The first-order chi connectivity index (χ1) is 8.09. The molecule has 0 saturated heterocycles. The first-order valence-corrected chi connectivity index (χ1v) is 7.50. The molecular weight excluding hydrogens is 223 g/mol. The zero-order valence-electron chi connectivity index (χ0n) is 10.8. The lowest BCUT2D eigenvalue weighted by atomic mass is 9.99. The van der Waals surface area contributed by atoms with Crippen LogP contribution in [0.5, 0.6) is 0 Å². The number of benzene rings is 1. The van der Waals surface area contributed by atoms with Crippen molar-refractivity contribution in [1.29, 1.82) is 0 Å². The quantitative estimate of drug-likeness (QED) is 0.636. The van der Waals surface area contributed by atoms with Crippen LogP contribution >= 0.6 is 7.53 Å². The van der Waals surface area contributed by atoms with E-state index >= 15 is 0 Å². The van der Waals surface area contributed by atoms with Crippen LogP contribution in [-0.2, 0) is 0 Å². The Morgan fingerprint density at radius 1 is 1.12 bits per heavy atom. The van der Waals surface area contributed by atoms with E-state index in [0.29, 0.717) is 5.92 Å². The van der Waals surface area contributed by atoms with Gasteiger partial charge in [-0.25, -0.2) is 0 Å². The summed E-state index contributed by atoms with van der Waals surface area (Å²) in [6.45, 7) is 10.7. The van der Waals surface area contributed by atoms with Crippen LogP contribution in [0, 0.1) is 0 Å². The van der Waals surface area contributed by atoms with Gasteiger partial charge in [0, 0.05) is 0 Å². The molecule has 88 valence electrons. The molecule has 0 aliphatic heterocycles. The molecule has 0 spiro atoms. The Labute approximate surface area is 105 Å². The minimum atomic E-state index is -0.269. The molecule has 1 heterocycles. The summed E-state index contributed by atoms with van der Waals surface area (Å²) in [6.07, 6.45) is 0. The first-order valence-electron chi connectivity index (χ1n) is 6.02. The van der Waals surface area contributed by atoms with Gasteiger partial charge in [0.15, 0.2) is 0 Å². The molecule has 0 aliphatic carbocycles. The molecule has 1 aromatic heterocycles. The predicted molar refractivity (Wildman–Crippen MR) is 79.3 cm³/mol. The summed E-state index contributed by atoms with van der Waals surface area (Å²) in [7, 11) is -0.269. The molecule has 0 radical (unpaired) electrons. The highest BCUT2D eigenvalue weighted by molar-refractivity contribution is 7.56. The Hall–Kier alpha value is -1.26. The monoisotopic (exact) mass is 242 g/mol. The summed E-state index contributed by atoms with van der Waals surface area (Å²) in [4.78, 5) is 0. The summed E-state index contributed by atoms with van der Waals surface area (Å²) in [6, 6.07) is 10.8. The molecular formula is C16H19P. The third kappa shape index (κ3) is 2.53. The van der Waals surface area contributed by atoms with E-state index in [0.717, 1.165) is 0 Å². The van der Waals surface area contributed by atoms with E-state index < -0.39 is 0 Å². The Morgan fingerprint density at radius 2 is 1.76 bits per heavy atom. The van der Waals surface area contributed by atoms with Crippen LogP contribution in [0.3, 0.4) is 0 Å². The molecule has 0 saturated carbocycles. The summed E-state index contributed by atoms with van der Waals surface area (Å²) in [5, 5.41) is 1.43. The van der Waals surface area contributed by atoms with Crippen molar-refractivity contribution in [3.8, 4) is 5.30 Å². The van der Waals surface area contributed by atoms with Crippen molar-refractivity contribution in [3.05, 3.63) is 59.6 Å². The summed E-state index contributed by atoms with van der Waals surface area (Å²) in [5.41, 5.74) is 4.02. The summed E-state index contributed by atoms with van der Waals surface area (Å²) < 4.78 is 0. The van der Waals surface area contributed by atoms with Gasteiger partial charge in [0.25, 0.3) is 0 Å². The normalized spacial score (nSPS) is 11.9. The Bertz CT molecular complexity index is 518. The van der Waals surface area contributed by atoms with Crippen molar-refractivity contribution >= 4 is 13.1 Å². The van der Waals surface area contributed by atoms with Crippen LogP contribution in [-0.4, -0.2) is 0 Å². The van der Waals surface area contributed by atoms with Gasteiger partial charge < -0.3 is 0 Å². The molecule has 0 nitrogen and oxygen atoms in total. The number of hydrogen-bond acceptors (Lipinski definition) is 0. The van der Waals surface area contributed by atoms with E-state index in [-0.39, 0.29) is 7.53 Å². The van der Waals surface area contributed by atoms with Crippen LogP contribution < -0.4 is 0 Å². The molecule has 1 aromatic carbocycles. The van der Waals surface area contributed by atoms with Crippen molar-refractivity contribution in [2.24, 2.45) is 0 Å².